The van der Waals surface area contributed by atoms with Gasteiger partial charge in [0, 0.05) is 26.2 Å². The molecule has 2 heterocycles. The second kappa shape index (κ2) is 7.31. The van der Waals surface area contributed by atoms with Gasteiger partial charge in [-0.3, -0.25) is 0 Å². The summed E-state index contributed by atoms with van der Waals surface area (Å²) in [6, 6.07) is 19.0. The zero-order valence-corrected chi connectivity index (χ0v) is 14.6. The molecule has 1 aliphatic heterocycles. The number of aromatic nitrogens is 1. The van der Waals surface area contributed by atoms with Gasteiger partial charge in [0.2, 0.25) is 11.8 Å². The summed E-state index contributed by atoms with van der Waals surface area (Å²) in [5.41, 5.74) is 1.85. The topological polar surface area (TPSA) is 19.4 Å². The van der Waals surface area contributed by atoms with Crippen molar-refractivity contribution in [2.45, 2.75) is 13.1 Å². The van der Waals surface area contributed by atoms with Crippen LogP contribution >= 0.6 is 0 Å². The summed E-state index contributed by atoms with van der Waals surface area (Å²) in [4.78, 5) is 6.54. The van der Waals surface area contributed by atoms with Crippen LogP contribution in [0.15, 0.2) is 60.7 Å². The lowest BCUT2D eigenvalue weighted by atomic mass is 10.1. The fourth-order valence-corrected chi connectivity index (χ4v) is 3.45. The number of anilines is 2. The number of hydrogen-bond donors (Lipinski definition) is 0. The van der Waals surface area contributed by atoms with E-state index in [9.17, 15) is 13.2 Å². The van der Waals surface area contributed by atoms with Crippen molar-refractivity contribution >= 4 is 11.4 Å². The maximum Gasteiger partial charge on any atom is 0.253 e. The number of pyridine rings is 1. The van der Waals surface area contributed by atoms with E-state index < -0.39 is 17.7 Å². The van der Waals surface area contributed by atoms with Gasteiger partial charge < -0.3 is 9.80 Å². The monoisotopic (exact) mass is 369 g/mol. The van der Waals surface area contributed by atoms with Crippen molar-refractivity contribution < 1.29 is 13.2 Å². The molecule has 1 aromatic heterocycles. The van der Waals surface area contributed by atoms with Crippen molar-refractivity contribution in [1.29, 1.82) is 0 Å². The maximum atomic E-state index is 14.7. The third kappa shape index (κ3) is 3.47. The minimum Gasteiger partial charge on any atom is -0.361 e. The Labute approximate surface area is 155 Å². The molecule has 0 unspecified atom stereocenters. The standard InChI is InChI=1S/C21H18F3N3/c22-17-18-19(21(24)25-20(17)23)27(14-16-9-5-2-6-10-16)12-11-26(18)13-15-7-3-1-4-8-15/h1-10H,11-14H2. The number of halogens is 3. The molecule has 0 atom stereocenters. The van der Waals surface area contributed by atoms with E-state index in [1.165, 1.54) is 0 Å². The molecule has 138 valence electrons. The molecule has 0 radical (unpaired) electrons. The maximum absolute atomic E-state index is 14.7. The van der Waals surface area contributed by atoms with Gasteiger partial charge in [0.05, 0.1) is 0 Å². The van der Waals surface area contributed by atoms with E-state index in [1.807, 2.05) is 60.7 Å². The van der Waals surface area contributed by atoms with E-state index in [1.54, 1.807) is 9.80 Å². The average Bonchev–Trinajstić information content (AvgIpc) is 2.69. The highest BCUT2D eigenvalue weighted by Gasteiger charge is 2.32. The first-order chi connectivity index (χ1) is 13.1. The van der Waals surface area contributed by atoms with E-state index in [2.05, 4.69) is 4.98 Å². The lowest BCUT2D eigenvalue weighted by Gasteiger charge is -2.39. The summed E-state index contributed by atoms with van der Waals surface area (Å²) in [6.07, 6.45) is 0. The Morgan fingerprint density at radius 2 is 1.15 bits per heavy atom. The molecular weight excluding hydrogens is 351 g/mol. The van der Waals surface area contributed by atoms with E-state index in [0.29, 0.717) is 26.2 Å². The Kier molecular flexibility index (Phi) is 4.71. The van der Waals surface area contributed by atoms with Crippen LogP contribution < -0.4 is 9.80 Å². The molecule has 0 saturated heterocycles. The zero-order chi connectivity index (χ0) is 18.8. The van der Waals surface area contributed by atoms with Crippen molar-refractivity contribution in [3.63, 3.8) is 0 Å². The van der Waals surface area contributed by atoms with Gasteiger partial charge in [-0.2, -0.15) is 18.2 Å². The largest absolute Gasteiger partial charge is 0.361 e. The molecule has 0 saturated carbocycles. The van der Waals surface area contributed by atoms with Crippen LogP contribution in [0.25, 0.3) is 0 Å². The molecule has 4 rings (SSSR count). The van der Waals surface area contributed by atoms with Gasteiger partial charge in [-0.15, -0.1) is 0 Å². The fourth-order valence-electron chi connectivity index (χ4n) is 3.45. The number of benzene rings is 2. The second-order valence-corrected chi connectivity index (χ2v) is 6.52. The molecule has 3 nitrogen and oxygen atoms in total. The molecule has 0 fully saturated rings. The Balaban J connectivity index is 1.73. The van der Waals surface area contributed by atoms with Crippen molar-refractivity contribution in [3.05, 3.63) is 89.5 Å². The number of fused-ring (bicyclic) bond motifs is 1. The van der Waals surface area contributed by atoms with Gasteiger partial charge in [0.15, 0.2) is 0 Å². The van der Waals surface area contributed by atoms with Gasteiger partial charge in [-0.1, -0.05) is 60.7 Å². The van der Waals surface area contributed by atoms with E-state index in [4.69, 9.17) is 0 Å². The van der Waals surface area contributed by atoms with Gasteiger partial charge >= 0.3 is 0 Å². The molecule has 0 spiro atoms. The SMILES string of the molecule is Fc1nc(F)c2c(c1F)N(Cc1ccccc1)CCN2Cc1ccccc1. The van der Waals surface area contributed by atoms with Crippen LogP contribution in [0.5, 0.6) is 0 Å². The molecule has 0 bridgehead atoms. The smallest absolute Gasteiger partial charge is 0.253 e. The summed E-state index contributed by atoms with van der Waals surface area (Å²) in [6.45, 7) is 1.70. The first kappa shape index (κ1) is 17.4. The van der Waals surface area contributed by atoms with Crippen LogP contribution in [0.4, 0.5) is 24.5 Å². The number of nitrogens with zero attached hydrogens (tertiary/aromatic N) is 3. The van der Waals surface area contributed by atoms with Crippen molar-refractivity contribution in [3.8, 4) is 0 Å². The van der Waals surface area contributed by atoms with Crippen LogP contribution in [0.3, 0.4) is 0 Å². The summed E-state index contributed by atoms with van der Waals surface area (Å²) in [5, 5.41) is 0. The summed E-state index contributed by atoms with van der Waals surface area (Å²) < 4.78 is 43.1. The molecule has 27 heavy (non-hydrogen) atoms. The zero-order valence-electron chi connectivity index (χ0n) is 14.6. The Hall–Kier alpha value is -3.02. The van der Waals surface area contributed by atoms with Gasteiger partial charge in [0.1, 0.15) is 11.4 Å². The van der Waals surface area contributed by atoms with E-state index >= 15 is 0 Å². The van der Waals surface area contributed by atoms with E-state index in [0.717, 1.165) is 11.1 Å². The normalized spacial score (nSPS) is 13.6. The lowest BCUT2D eigenvalue weighted by molar-refractivity contribution is 0.440. The minimum absolute atomic E-state index is 0.0138. The molecule has 6 heteroatoms. The second-order valence-electron chi connectivity index (χ2n) is 6.52. The fraction of sp³-hybridized carbons (Fsp3) is 0.190. The molecule has 0 amide bonds. The van der Waals surface area contributed by atoms with Crippen LogP contribution in [0.2, 0.25) is 0 Å². The van der Waals surface area contributed by atoms with Gasteiger partial charge in [-0.25, -0.2) is 0 Å². The third-order valence-electron chi connectivity index (χ3n) is 4.71. The summed E-state index contributed by atoms with van der Waals surface area (Å²) in [7, 11) is 0. The number of hydrogen-bond acceptors (Lipinski definition) is 3. The summed E-state index contributed by atoms with van der Waals surface area (Å²) in [5.74, 6) is -3.51. The molecular formula is C21H18F3N3. The highest BCUT2D eigenvalue weighted by molar-refractivity contribution is 5.74. The molecule has 0 aliphatic carbocycles. The van der Waals surface area contributed by atoms with Crippen LogP contribution in [-0.4, -0.2) is 18.1 Å². The van der Waals surface area contributed by atoms with Crippen molar-refractivity contribution in [2.24, 2.45) is 0 Å². The molecule has 3 aromatic rings. The quantitative estimate of drug-likeness (QED) is 0.630. The first-order valence-electron chi connectivity index (χ1n) is 8.75. The minimum atomic E-state index is -1.41. The Morgan fingerprint density at radius 3 is 1.67 bits per heavy atom. The number of rotatable bonds is 4. The predicted molar refractivity (Wildman–Crippen MR) is 99.1 cm³/mol. The van der Waals surface area contributed by atoms with Crippen LogP contribution in [-0.2, 0) is 13.1 Å². The lowest BCUT2D eigenvalue weighted by Crippen LogP contribution is -2.42. The van der Waals surface area contributed by atoms with Gasteiger partial charge in [0.25, 0.3) is 5.95 Å². The van der Waals surface area contributed by atoms with Crippen LogP contribution in [0.1, 0.15) is 11.1 Å². The third-order valence-corrected chi connectivity index (χ3v) is 4.71. The predicted octanol–water partition coefficient (Wildman–Crippen LogP) is 4.53. The Bertz CT molecular complexity index is 932. The van der Waals surface area contributed by atoms with Gasteiger partial charge in [-0.05, 0) is 11.1 Å². The molecule has 2 aromatic carbocycles. The Morgan fingerprint density at radius 1 is 0.667 bits per heavy atom. The molecule has 0 N–H and O–H groups in total. The molecule has 1 aliphatic rings. The van der Waals surface area contributed by atoms with Crippen LogP contribution in [0, 0.1) is 17.7 Å². The average molecular weight is 369 g/mol. The van der Waals surface area contributed by atoms with Crippen molar-refractivity contribution in [2.75, 3.05) is 22.9 Å². The highest BCUT2D eigenvalue weighted by Crippen LogP contribution is 2.39. The highest BCUT2D eigenvalue weighted by atomic mass is 19.2. The summed E-state index contributed by atoms with van der Waals surface area (Å²) >= 11 is 0. The van der Waals surface area contributed by atoms with E-state index in [-0.39, 0.29) is 11.4 Å². The first-order valence-corrected chi connectivity index (χ1v) is 8.75. The van der Waals surface area contributed by atoms with Crippen molar-refractivity contribution in [1.82, 2.24) is 4.98 Å².